The number of carbonyl (C=O) groups is 1. The molecule has 15 heteroatoms. The van der Waals surface area contributed by atoms with E-state index in [1.54, 1.807) is 42.7 Å². The van der Waals surface area contributed by atoms with Crippen LogP contribution in [0.15, 0.2) is 73.1 Å². The predicted molar refractivity (Wildman–Crippen MR) is 249 cm³/mol. The third kappa shape index (κ3) is 10.5. The van der Waals surface area contributed by atoms with E-state index >= 15 is 0 Å². The molecule has 320 valence electrons. The van der Waals surface area contributed by atoms with Crippen molar-refractivity contribution in [3.63, 3.8) is 0 Å². The maximum atomic E-state index is 12.1. The Morgan fingerprint density at radius 2 is 1.32 bits per heavy atom. The van der Waals surface area contributed by atoms with Gasteiger partial charge in [-0.05, 0) is 101 Å². The van der Waals surface area contributed by atoms with Crippen LogP contribution in [-0.4, -0.2) is 126 Å². The predicted octanol–water partition coefficient (Wildman–Crippen LogP) is 7.21. The molecule has 2 saturated heterocycles. The lowest BCUT2D eigenvalue weighted by molar-refractivity contribution is -0.107. The van der Waals surface area contributed by atoms with Crippen LogP contribution in [0.4, 0.5) is 17.1 Å². The number of carbonyl (C=O) groups excluding carboxylic acids is 1. The standard InChI is InChI=1S/C45H57BCl3N7O4/c1-44(2,3)55-22-18-52(19-23-55)40-27-32(8-11-36(40)47)42-43(58)35(31-9-13-39(38(49)26-31)54(30-57)17-16-51(6)7)29-34(50-42)14-15-45(4,5)56-24-20-53(21-25-56)41-28-33(46(59)60)10-12-37(41)48/h8-13,16-17,26-30,58-60H,14-15,18-25H2,1-7H3/b17-16-. The SMILES string of the molecule is CN(C)/C=C\N(C=O)c1ccc(-c2cc(CCC(C)(C)N3CCN(c4cc(B(O)O)ccc4Cl)CC3)nc(-c3ccc(Cl)c(N4CCN(C(C)(C)C)CC4)c3)c2O)cc1Cl. The van der Waals surface area contributed by atoms with Crippen LogP contribution < -0.4 is 20.2 Å². The highest BCUT2D eigenvalue weighted by molar-refractivity contribution is 6.59. The zero-order chi connectivity index (χ0) is 43.5. The number of rotatable bonds is 13. The quantitative estimate of drug-likeness (QED) is 0.0943. The van der Waals surface area contributed by atoms with Gasteiger partial charge in [0.1, 0.15) is 11.4 Å². The minimum atomic E-state index is -1.56. The van der Waals surface area contributed by atoms with Gasteiger partial charge in [0.25, 0.3) is 0 Å². The minimum Gasteiger partial charge on any atom is -0.505 e. The van der Waals surface area contributed by atoms with Crippen molar-refractivity contribution in [2.75, 3.05) is 81.2 Å². The summed E-state index contributed by atoms with van der Waals surface area (Å²) in [5.74, 6) is 0.0277. The van der Waals surface area contributed by atoms with Gasteiger partial charge in [-0.15, -0.1) is 0 Å². The molecule has 60 heavy (non-hydrogen) atoms. The molecule has 0 spiro atoms. The number of hydrogen-bond donors (Lipinski definition) is 3. The number of aryl methyl sites for hydroxylation is 1. The summed E-state index contributed by atoms with van der Waals surface area (Å²) < 4.78 is 0. The van der Waals surface area contributed by atoms with Crippen LogP contribution in [0.2, 0.25) is 15.1 Å². The monoisotopic (exact) mass is 875 g/mol. The van der Waals surface area contributed by atoms with E-state index in [0.717, 1.165) is 81.4 Å². The zero-order valence-electron chi connectivity index (χ0n) is 35.7. The minimum absolute atomic E-state index is 0.0277. The molecule has 0 atom stereocenters. The number of piperazine rings is 2. The molecule has 0 saturated carbocycles. The van der Waals surface area contributed by atoms with Gasteiger partial charge >= 0.3 is 7.12 Å². The Morgan fingerprint density at radius 3 is 1.88 bits per heavy atom. The van der Waals surface area contributed by atoms with Crippen molar-refractivity contribution < 1.29 is 19.9 Å². The van der Waals surface area contributed by atoms with Gasteiger partial charge in [-0.25, -0.2) is 4.98 Å². The van der Waals surface area contributed by atoms with Crippen LogP contribution in [0.25, 0.3) is 22.4 Å². The molecule has 2 aliphatic heterocycles. The van der Waals surface area contributed by atoms with Crippen molar-refractivity contribution in [1.29, 1.82) is 0 Å². The van der Waals surface area contributed by atoms with E-state index in [-0.39, 0.29) is 16.8 Å². The molecule has 0 radical (unpaired) electrons. The second-order valence-electron chi connectivity index (χ2n) is 17.5. The summed E-state index contributed by atoms with van der Waals surface area (Å²) >= 11 is 20.3. The lowest BCUT2D eigenvalue weighted by atomic mass is 9.80. The van der Waals surface area contributed by atoms with Crippen LogP contribution >= 0.6 is 34.8 Å². The van der Waals surface area contributed by atoms with Crippen LogP contribution in [0.1, 0.15) is 46.7 Å². The van der Waals surface area contributed by atoms with Crippen molar-refractivity contribution in [3.8, 4) is 28.1 Å². The summed E-state index contributed by atoms with van der Waals surface area (Å²) in [6.45, 7) is 17.7. The van der Waals surface area contributed by atoms with Gasteiger partial charge in [0, 0.05) is 107 Å². The highest BCUT2D eigenvalue weighted by Gasteiger charge is 2.32. The van der Waals surface area contributed by atoms with E-state index in [1.165, 1.54) is 4.90 Å². The van der Waals surface area contributed by atoms with Crippen molar-refractivity contribution in [3.05, 3.63) is 93.8 Å². The molecule has 1 amide bonds. The van der Waals surface area contributed by atoms with Gasteiger partial charge in [-0.2, -0.15) is 0 Å². The molecule has 0 aliphatic carbocycles. The first-order chi connectivity index (χ1) is 28.4. The van der Waals surface area contributed by atoms with Gasteiger partial charge < -0.3 is 29.9 Å². The average Bonchev–Trinajstić information content (AvgIpc) is 3.21. The first kappa shape index (κ1) is 45.5. The summed E-state index contributed by atoms with van der Waals surface area (Å²) in [5.41, 5.74) is 5.79. The van der Waals surface area contributed by atoms with E-state index in [2.05, 4.69) is 54.2 Å². The fourth-order valence-corrected chi connectivity index (χ4v) is 8.75. The lowest BCUT2D eigenvalue weighted by Crippen LogP contribution is -2.55. The molecular formula is C45H57BCl3N7O4. The van der Waals surface area contributed by atoms with Crippen LogP contribution in [-0.2, 0) is 11.2 Å². The fourth-order valence-electron chi connectivity index (χ4n) is 8.00. The second-order valence-corrected chi connectivity index (χ2v) is 18.7. The summed E-state index contributed by atoms with van der Waals surface area (Å²) in [6.07, 6.45) is 5.53. The maximum absolute atomic E-state index is 12.1. The molecular weight excluding hydrogens is 820 g/mol. The van der Waals surface area contributed by atoms with Crippen molar-refractivity contribution >= 4 is 70.9 Å². The van der Waals surface area contributed by atoms with E-state index in [0.29, 0.717) is 55.9 Å². The summed E-state index contributed by atoms with van der Waals surface area (Å²) in [5, 5.41) is 33.2. The lowest BCUT2D eigenvalue weighted by Gasteiger charge is -2.45. The first-order valence-corrected chi connectivity index (χ1v) is 21.6. The third-order valence-electron chi connectivity index (χ3n) is 11.7. The highest BCUT2D eigenvalue weighted by Crippen LogP contribution is 2.42. The number of nitrogens with zero attached hydrogens (tertiary/aromatic N) is 7. The van der Waals surface area contributed by atoms with Crippen molar-refractivity contribution in [2.45, 2.75) is 58.5 Å². The van der Waals surface area contributed by atoms with Crippen molar-refractivity contribution in [2.24, 2.45) is 0 Å². The summed E-state index contributed by atoms with van der Waals surface area (Å²) in [6, 6.07) is 18.3. The third-order valence-corrected chi connectivity index (χ3v) is 12.7. The number of benzene rings is 3. The molecule has 2 aliphatic rings. The molecule has 3 heterocycles. The highest BCUT2D eigenvalue weighted by atomic mass is 35.5. The Hall–Kier alpha value is -4.01. The summed E-state index contributed by atoms with van der Waals surface area (Å²) in [4.78, 5) is 29.9. The van der Waals surface area contributed by atoms with E-state index < -0.39 is 7.12 Å². The van der Waals surface area contributed by atoms with Gasteiger partial charge in [0.05, 0.1) is 32.1 Å². The molecule has 1 aromatic heterocycles. The number of aromatic nitrogens is 1. The number of halogens is 3. The average molecular weight is 877 g/mol. The number of hydrogen-bond acceptors (Lipinski definition) is 10. The van der Waals surface area contributed by atoms with Crippen LogP contribution in [0.3, 0.4) is 0 Å². The van der Waals surface area contributed by atoms with Gasteiger partial charge in [-0.1, -0.05) is 53.0 Å². The zero-order valence-corrected chi connectivity index (χ0v) is 37.9. The maximum Gasteiger partial charge on any atom is 0.488 e. The fraction of sp³-hybridized carbons (Fsp3) is 0.422. The first-order valence-electron chi connectivity index (χ1n) is 20.4. The molecule has 6 rings (SSSR count). The topological polar surface area (TPSA) is 110 Å². The number of amides is 1. The largest absolute Gasteiger partial charge is 0.505 e. The van der Waals surface area contributed by atoms with Crippen LogP contribution in [0, 0.1) is 0 Å². The summed E-state index contributed by atoms with van der Waals surface area (Å²) in [7, 11) is 2.17. The Kier molecular flexibility index (Phi) is 14.4. The Labute approximate surface area is 370 Å². The normalized spacial score (nSPS) is 15.8. The smallest absolute Gasteiger partial charge is 0.488 e. The molecule has 11 nitrogen and oxygen atoms in total. The molecule has 4 aromatic rings. The van der Waals surface area contributed by atoms with Gasteiger partial charge in [0.15, 0.2) is 0 Å². The molecule has 0 bridgehead atoms. The van der Waals surface area contributed by atoms with E-state index in [4.69, 9.17) is 39.8 Å². The van der Waals surface area contributed by atoms with E-state index in [1.807, 2.05) is 49.3 Å². The Balaban J connectivity index is 1.30. The Morgan fingerprint density at radius 1 is 0.733 bits per heavy atom. The molecule has 3 aromatic carbocycles. The number of anilines is 3. The molecule has 0 unspecified atom stereocenters. The molecule has 3 N–H and O–H groups in total. The molecule has 2 fully saturated rings. The van der Waals surface area contributed by atoms with Gasteiger partial charge in [0.2, 0.25) is 6.41 Å². The van der Waals surface area contributed by atoms with Crippen molar-refractivity contribution in [1.82, 2.24) is 19.7 Å². The number of aromatic hydroxyl groups is 1. The number of pyridine rings is 1. The Bertz CT molecular complexity index is 2180. The van der Waals surface area contributed by atoms with E-state index in [9.17, 15) is 19.9 Å². The second kappa shape index (κ2) is 18.9. The van der Waals surface area contributed by atoms with Crippen LogP contribution in [0.5, 0.6) is 5.75 Å². The van der Waals surface area contributed by atoms with Gasteiger partial charge in [-0.3, -0.25) is 19.5 Å².